The molecule has 2 N–H and O–H groups in total. The lowest BCUT2D eigenvalue weighted by Gasteiger charge is -2.06. The molecule has 1 aromatic carbocycles. The van der Waals surface area contributed by atoms with E-state index in [-0.39, 0.29) is 6.04 Å². The van der Waals surface area contributed by atoms with E-state index in [4.69, 9.17) is 11.6 Å². The smallest absolute Gasteiger partial charge is 0.0806 e. The minimum atomic E-state index is 0.240. The van der Waals surface area contributed by atoms with Crippen molar-refractivity contribution in [3.8, 4) is 0 Å². The molecule has 0 fully saturated rings. The number of hydrogen-bond donors (Lipinski definition) is 2. The van der Waals surface area contributed by atoms with Crippen LogP contribution in [0.2, 0.25) is 5.02 Å². The van der Waals surface area contributed by atoms with E-state index in [1.165, 1.54) is 4.88 Å². The molecule has 0 bridgehead atoms. The van der Waals surface area contributed by atoms with E-state index in [9.17, 15) is 0 Å². The molecule has 0 saturated carbocycles. The second-order valence-corrected chi connectivity index (χ2v) is 5.27. The molecule has 1 unspecified atom stereocenters. The fourth-order valence-corrected chi connectivity index (χ4v) is 2.79. The lowest BCUT2D eigenvalue weighted by molar-refractivity contribution is 0.623. The minimum Gasteiger partial charge on any atom is -0.320 e. The molecule has 0 amide bonds. The zero-order chi connectivity index (χ0) is 11.7. The van der Waals surface area contributed by atoms with Gasteiger partial charge in [-0.15, -0.1) is 11.3 Å². The molecule has 86 valence electrons. The van der Waals surface area contributed by atoms with Crippen LogP contribution in [0.4, 0.5) is 0 Å². The highest BCUT2D eigenvalue weighted by Crippen LogP contribution is 2.27. The Balaban J connectivity index is 1.89. The van der Waals surface area contributed by atoms with Crippen LogP contribution in [0.5, 0.6) is 0 Å². The predicted octanol–water partition coefficient (Wildman–Crippen LogP) is 3.59. The Labute approximate surface area is 109 Å². The fraction of sp³-hybridized carbons (Fsp3) is 0.0769. The normalized spacial score (nSPS) is 18.9. The lowest BCUT2D eigenvalue weighted by Crippen LogP contribution is -2.25. The van der Waals surface area contributed by atoms with Gasteiger partial charge in [0.25, 0.3) is 0 Å². The van der Waals surface area contributed by atoms with Crippen molar-refractivity contribution in [2.75, 3.05) is 0 Å². The number of halogens is 1. The number of hydrogen-bond acceptors (Lipinski definition) is 3. The van der Waals surface area contributed by atoms with Gasteiger partial charge in [-0.25, -0.2) is 5.43 Å². The van der Waals surface area contributed by atoms with Gasteiger partial charge in [-0.2, -0.15) is 0 Å². The summed E-state index contributed by atoms with van der Waals surface area (Å²) >= 11 is 7.73. The molecule has 2 heterocycles. The van der Waals surface area contributed by atoms with Crippen molar-refractivity contribution in [2.24, 2.45) is 0 Å². The third-order valence-corrected chi connectivity index (χ3v) is 3.87. The average Bonchev–Trinajstić information content (AvgIpc) is 3.00. The topological polar surface area (TPSA) is 24.1 Å². The Morgan fingerprint density at radius 1 is 1.18 bits per heavy atom. The second-order valence-electron chi connectivity index (χ2n) is 3.85. The van der Waals surface area contributed by atoms with E-state index in [2.05, 4.69) is 34.4 Å². The van der Waals surface area contributed by atoms with Crippen molar-refractivity contribution >= 4 is 28.6 Å². The zero-order valence-corrected chi connectivity index (χ0v) is 10.6. The first kappa shape index (κ1) is 10.8. The van der Waals surface area contributed by atoms with Crippen LogP contribution in [0.1, 0.15) is 16.5 Å². The quantitative estimate of drug-likeness (QED) is 0.864. The Hall–Kier alpha value is -1.29. The summed E-state index contributed by atoms with van der Waals surface area (Å²) in [6.45, 7) is 0. The molecule has 2 nitrogen and oxygen atoms in total. The summed E-state index contributed by atoms with van der Waals surface area (Å²) in [6.07, 6.45) is 2.18. The number of hydrazine groups is 1. The first-order valence-electron chi connectivity index (χ1n) is 5.35. The molecule has 1 aliphatic rings. The van der Waals surface area contributed by atoms with Crippen LogP contribution in [0.3, 0.4) is 0 Å². The predicted molar refractivity (Wildman–Crippen MR) is 72.8 cm³/mol. The SMILES string of the molecule is Clc1cccc(C2=CC(c3cccs3)NN2)c1. The van der Waals surface area contributed by atoms with Crippen LogP contribution in [-0.4, -0.2) is 0 Å². The van der Waals surface area contributed by atoms with Gasteiger partial charge in [0.1, 0.15) is 0 Å². The highest BCUT2D eigenvalue weighted by molar-refractivity contribution is 7.10. The van der Waals surface area contributed by atoms with E-state index in [0.29, 0.717) is 0 Å². The molecule has 0 spiro atoms. The highest BCUT2D eigenvalue weighted by Gasteiger charge is 2.17. The van der Waals surface area contributed by atoms with Crippen molar-refractivity contribution in [2.45, 2.75) is 6.04 Å². The summed E-state index contributed by atoms with van der Waals surface area (Å²) in [5.41, 5.74) is 8.63. The maximum atomic E-state index is 5.99. The van der Waals surface area contributed by atoms with Crippen LogP contribution >= 0.6 is 22.9 Å². The maximum absolute atomic E-state index is 5.99. The first-order chi connectivity index (χ1) is 8.33. The first-order valence-corrected chi connectivity index (χ1v) is 6.61. The molecule has 0 aliphatic carbocycles. The molecule has 1 aromatic heterocycles. The second kappa shape index (κ2) is 4.53. The third kappa shape index (κ3) is 2.22. The summed E-state index contributed by atoms with van der Waals surface area (Å²) in [5.74, 6) is 0. The van der Waals surface area contributed by atoms with Gasteiger partial charge in [0, 0.05) is 15.5 Å². The van der Waals surface area contributed by atoms with E-state index in [0.717, 1.165) is 16.3 Å². The van der Waals surface area contributed by atoms with Gasteiger partial charge in [-0.3, -0.25) is 0 Å². The fourth-order valence-electron chi connectivity index (χ4n) is 1.85. The summed E-state index contributed by atoms with van der Waals surface area (Å²) in [7, 11) is 0. The van der Waals surface area contributed by atoms with Crippen LogP contribution in [0, 0.1) is 0 Å². The summed E-state index contributed by atoms with van der Waals surface area (Å²) < 4.78 is 0. The molecule has 1 atom stereocenters. The van der Waals surface area contributed by atoms with Crippen molar-refractivity contribution in [3.05, 3.63) is 63.3 Å². The minimum absolute atomic E-state index is 0.240. The number of thiophene rings is 1. The number of benzene rings is 1. The Kier molecular flexibility index (Phi) is 2.89. The van der Waals surface area contributed by atoms with E-state index in [1.54, 1.807) is 11.3 Å². The molecule has 3 rings (SSSR count). The van der Waals surface area contributed by atoms with E-state index in [1.807, 2.05) is 24.3 Å². The van der Waals surface area contributed by atoms with Crippen LogP contribution in [-0.2, 0) is 0 Å². The van der Waals surface area contributed by atoms with Crippen LogP contribution in [0.25, 0.3) is 5.70 Å². The van der Waals surface area contributed by atoms with E-state index >= 15 is 0 Å². The molecule has 4 heteroatoms. The highest BCUT2D eigenvalue weighted by atomic mass is 35.5. The zero-order valence-electron chi connectivity index (χ0n) is 8.98. The lowest BCUT2D eigenvalue weighted by atomic mass is 10.1. The molecule has 2 aromatic rings. The Bertz CT molecular complexity index is 548. The van der Waals surface area contributed by atoms with Gasteiger partial charge < -0.3 is 5.43 Å². The summed E-state index contributed by atoms with van der Waals surface area (Å²) in [6, 6.07) is 12.3. The van der Waals surface area contributed by atoms with E-state index < -0.39 is 0 Å². The van der Waals surface area contributed by atoms with Crippen molar-refractivity contribution < 1.29 is 0 Å². The van der Waals surface area contributed by atoms with Gasteiger partial charge in [0.15, 0.2) is 0 Å². The van der Waals surface area contributed by atoms with Crippen LogP contribution in [0.15, 0.2) is 47.9 Å². The third-order valence-electron chi connectivity index (χ3n) is 2.68. The molecule has 17 heavy (non-hydrogen) atoms. The number of rotatable bonds is 2. The van der Waals surface area contributed by atoms with Gasteiger partial charge in [-0.1, -0.05) is 29.8 Å². The Morgan fingerprint density at radius 3 is 2.88 bits per heavy atom. The molecule has 0 radical (unpaired) electrons. The van der Waals surface area contributed by atoms with Gasteiger partial charge in [0.05, 0.1) is 11.7 Å². The van der Waals surface area contributed by atoms with Gasteiger partial charge >= 0.3 is 0 Å². The van der Waals surface area contributed by atoms with Crippen molar-refractivity contribution in [3.63, 3.8) is 0 Å². The average molecular weight is 263 g/mol. The van der Waals surface area contributed by atoms with Crippen molar-refractivity contribution in [1.82, 2.24) is 10.9 Å². The molecular weight excluding hydrogens is 252 g/mol. The standard InChI is InChI=1S/C13H11ClN2S/c14-10-4-1-3-9(7-10)11-8-12(16-15-11)13-5-2-6-17-13/h1-8,12,15-16H. The van der Waals surface area contributed by atoms with Crippen LogP contribution < -0.4 is 10.9 Å². The summed E-state index contributed by atoms with van der Waals surface area (Å²) in [5, 5.41) is 2.84. The molecule has 0 saturated heterocycles. The maximum Gasteiger partial charge on any atom is 0.0806 e. The largest absolute Gasteiger partial charge is 0.320 e. The van der Waals surface area contributed by atoms with Crippen molar-refractivity contribution in [1.29, 1.82) is 0 Å². The summed E-state index contributed by atoms with van der Waals surface area (Å²) in [4.78, 5) is 1.30. The van der Waals surface area contributed by atoms with Gasteiger partial charge in [-0.05, 0) is 29.7 Å². The Morgan fingerprint density at radius 2 is 2.12 bits per heavy atom. The molecular formula is C13H11ClN2S. The monoisotopic (exact) mass is 262 g/mol. The number of nitrogens with one attached hydrogen (secondary N) is 2. The molecule has 1 aliphatic heterocycles. The van der Waals surface area contributed by atoms with Gasteiger partial charge in [0.2, 0.25) is 0 Å².